The third kappa shape index (κ3) is 6.18. The standard InChI is InChI=1S/C8H12Cl2/c1-3-8(10)6-4-5-7(2)9/h3,5,8H,1,4,6H2,2H3/b7-5-. The third-order valence-electron chi connectivity index (χ3n) is 1.12. The van der Waals surface area contributed by atoms with Crippen LogP contribution in [-0.4, -0.2) is 5.38 Å². The van der Waals surface area contributed by atoms with E-state index >= 15 is 0 Å². The highest BCUT2D eigenvalue weighted by molar-refractivity contribution is 6.29. The smallest absolute Gasteiger partial charge is 0.0516 e. The molecule has 0 bridgehead atoms. The van der Waals surface area contributed by atoms with Gasteiger partial charge >= 0.3 is 0 Å². The van der Waals surface area contributed by atoms with Crippen LogP contribution in [0.15, 0.2) is 23.8 Å². The summed E-state index contributed by atoms with van der Waals surface area (Å²) in [6.45, 7) is 5.43. The first-order chi connectivity index (χ1) is 4.66. The van der Waals surface area contributed by atoms with Crippen LogP contribution in [0, 0.1) is 0 Å². The molecule has 1 atom stereocenters. The fourth-order valence-electron chi connectivity index (χ4n) is 0.559. The van der Waals surface area contributed by atoms with Gasteiger partial charge in [0.25, 0.3) is 0 Å². The molecule has 0 aliphatic carbocycles. The Morgan fingerprint density at radius 3 is 2.70 bits per heavy atom. The maximum absolute atomic E-state index is 5.76. The largest absolute Gasteiger partial charge is 0.118 e. The number of rotatable bonds is 4. The van der Waals surface area contributed by atoms with E-state index in [0.29, 0.717) is 0 Å². The SMILES string of the molecule is C=CC(Cl)CC/C=C(/C)Cl. The van der Waals surface area contributed by atoms with Gasteiger partial charge in [0.2, 0.25) is 0 Å². The van der Waals surface area contributed by atoms with Gasteiger partial charge in [-0.2, -0.15) is 0 Å². The summed E-state index contributed by atoms with van der Waals surface area (Å²) < 4.78 is 0. The number of hydrogen-bond acceptors (Lipinski definition) is 0. The van der Waals surface area contributed by atoms with Gasteiger partial charge in [0.15, 0.2) is 0 Å². The number of hydrogen-bond donors (Lipinski definition) is 0. The Kier molecular flexibility index (Phi) is 5.85. The van der Waals surface area contributed by atoms with Gasteiger partial charge < -0.3 is 0 Å². The number of alkyl halides is 1. The Bertz CT molecular complexity index is 123. The molecular formula is C8H12Cl2. The Labute approximate surface area is 72.5 Å². The van der Waals surface area contributed by atoms with Crippen LogP contribution >= 0.6 is 23.2 Å². The van der Waals surface area contributed by atoms with Crippen LogP contribution in [0.2, 0.25) is 0 Å². The molecule has 58 valence electrons. The lowest BCUT2D eigenvalue weighted by Crippen LogP contribution is -1.89. The van der Waals surface area contributed by atoms with Crippen LogP contribution < -0.4 is 0 Å². The fourth-order valence-corrected chi connectivity index (χ4v) is 0.794. The van der Waals surface area contributed by atoms with Crippen molar-refractivity contribution in [1.29, 1.82) is 0 Å². The molecule has 0 saturated carbocycles. The summed E-state index contributed by atoms with van der Waals surface area (Å²) in [5.74, 6) is 0. The fraction of sp³-hybridized carbons (Fsp3) is 0.500. The lowest BCUT2D eigenvalue weighted by Gasteiger charge is -1.98. The molecule has 0 aromatic carbocycles. The summed E-state index contributed by atoms with van der Waals surface area (Å²) in [5.41, 5.74) is 0. The predicted octanol–water partition coefficient (Wildman–Crippen LogP) is 3.70. The lowest BCUT2D eigenvalue weighted by atomic mass is 10.2. The Morgan fingerprint density at radius 1 is 1.70 bits per heavy atom. The van der Waals surface area contributed by atoms with E-state index in [-0.39, 0.29) is 5.38 Å². The summed E-state index contributed by atoms with van der Waals surface area (Å²) in [5, 5.41) is 0.903. The van der Waals surface area contributed by atoms with Gasteiger partial charge in [0, 0.05) is 5.03 Å². The summed E-state index contributed by atoms with van der Waals surface area (Å²) in [6.07, 6.45) is 5.53. The first-order valence-electron chi connectivity index (χ1n) is 3.25. The molecular weight excluding hydrogens is 167 g/mol. The van der Waals surface area contributed by atoms with Gasteiger partial charge in [-0.05, 0) is 19.8 Å². The molecule has 0 nitrogen and oxygen atoms in total. The summed E-state index contributed by atoms with van der Waals surface area (Å²) >= 11 is 11.4. The van der Waals surface area contributed by atoms with Crippen molar-refractivity contribution in [3.8, 4) is 0 Å². The van der Waals surface area contributed by atoms with Crippen LogP contribution in [0.3, 0.4) is 0 Å². The summed E-state index contributed by atoms with van der Waals surface area (Å²) in [7, 11) is 0. The molecule has 2 heteroatoms. The maximum atomic E-state index is 5.76. The lowest BCUT2D eigenvalue weighted by molar-refractivity contribution is 0.874. The predicted molar refractivity (Wildman–Crippen MR) is 48.7 cm³/mol. The monoisotopic (exact) mass is 178 g/mol. The molecule has 10 heavy (non-hydrogen) atoms. The van der Waals surface area contributed by atoms with Gasteiger partial charge in [-0.15, -0.1) is 18.2 Å². The van der Waals surface area contributed by atoms with Crippen LogP contribution in [0.5, 0.6) is 0 Å². The van der Waals surface area contributed by atoms with Crippen LogP contribution in [0.4, 0.5) is 0 Å². The highest BCUT2D eigenvalue weighted by Crippen LogP contribution is 2.09. The van der Waals surface area contributed by atoms with Crippen molar-refractivity contribution in [3.05, 3.63) is 23.8 Å². The van der Waals surface area contributed by atoms with E-state index in [1.165, 1.54) is 0 Å². The van der Waals surface area contributed by atoms with Crippen molar-refractivity contribution in [2.45, 2.75) is 25.1 Å². The van der Waals surface area contributed by atoms with E-state index < -0.39 is 0 Å². The minimum absolute atomic E-state index is 0.0762. The Morgan fingerprint density at radius 2 is 2.30 bits per heavy atom. The first kappa shape index (κ1) is 10.1. The van der Waals surface area contributed by atoms with Gasteiger partial charge in [-0.25, -0.2) is 0 Å². The molecule has 0 N–H and O–H groups in total. The van der Waals surface area contributed by atoms with Gasteiger partial charge in [-0.3, -0.25) is 0 Å². The van der Waals surface area contributed by atoms with Crippen LogP contribution in [0.1, 0.15) is 19.8 Å². The average Bonchev–Trinajstić information content (AvgIpc) is 1.87. The second-order valence-corrected chi connectivity index (χ2v) is 3.28. The van der Waals surface area contributed by atoms with E-state index in [4.69, 9.17) is 23.2 Å². The zero-order valence-corrected chi connectivity index (χ0v) is 7.62. The quantitative estimate of drug-likeness (QED) is 0.455. The average molecular weight is 179 g/mol. The van der Waals surface area contributed by atoms with Gasteiger partial charge in [0.05, 0.1) is 5.38 Å². The second kappa shape index (κ2) is 5.82. The number of halogens is 2. The molecule has 0 spiro atoms. The molecule has 0 saturated heterocycles. The van der Waals surface area contributed by atoms with E-state index in [2.05, 4.69) is 6.58 Å². The highest BCUT2D eigenvalue weighted by atomic mass is 35.5. The minimum atomic E-state index is 0.0762. The van der Waals surface area contributed by atoms with Crippen molar-refractivity contribution in [1.82, 2.24) is 0 Å². The van der Waals surface area contributed by atoms with Crippen molar-refractivity contribution < 1.29 is 0 Å². The second-order valence-electron chi connectivity index (χ2n) is 2.12. The van der Waals surface area contributed by atoms with Crippen molar-refractivity contribution >= 4 is 23.2 Å². The molecule has 0 radical (unpaired) electrons. The first-order valence-corrected chi connectivity index (χ1v) is 4.07. The maximum Gasteiger partial charge on any atom is 0.0516 e. The van der Waals surface area contributed by atoms with Gasteiger partial charge in [-0.1, -0.05) is 23.8 Å². The van der Waals surface area contributed by atoms with E-state index in [9.17, 15) is 0 Å². The van der Waals surface area contributed by atoms with Crippen LogP contribution in [0.25, 0.3) is 0 Å². The molecule has 0 heterocycles. The third-order valence-corrected chi connectivity index (χ3v) is 1.67. The van der Waals surface area contributed by atoms with Crippen molar-refractivity contribution in [2.75, 3.05) is 0 Å². The topological polar surface area (TPSA) is 0 Å². The zero-order valence-electron chi connectivity index (χ0n) is 6.11. The molecule has 0 rings (SSSR count). The van der Waals surface area contributed by atoms with Crippen molar-refractivity contribution in [2.24, 2.45) is 0 Å². The van der Waals surface area contributed by atoms with E-state index in [1.54, 1.807) is 6.08 Å². The minimum Gasteiger partial charge on any atom is -0.118 e. The molecule has 0 fully saturated rings. The van der Waals surface area contributed by atoms with E-state index in [0.717, 1.165) is 17.9 Å². The molecule has 0 amide bonds. The van der Waals surface area contributed by atoms with Crippen LogP contribution in [-0.2, 0) is 0 Å². The summed E-state index contributed by atoms with van der Waals surface area (Å²) in [4.78, 5) is 0. The van der Waals surface area contributed by atoms with Gasteiger partial charge in [0.1, 0.15) is 0 Å². The molecule has 0 aliphatic heterocycles. The normalized spacial score (nSPS) is 14.9. The summed E-state index contributed by atoms with van der Waals surface area (Å²) in [6, 6.07) is 0. The highest BCUT2D eigenvalue weighted by Gasteiger charge is 1.94. The zero-order chi connectivity index (χ0) is 7.98. The Balaban J connectivity index is 3.36. The molecule has 0 aliphatic rings. The number of allylic oxidation sites excluding steroid dienone is 3. The molecule has 0 aromatic rings. The molecule has 0 aromatic heterocycles. The van der Waals surface area contributed by atoms with E-state index in [1.807, 2.05) is 13.0 Å². The Hall–Kier alpha value is 0.0600. The van der Waals surface area contributed by atoms with Crippen molar-refractivity contribution in [3.63, 3.8) is 0 Å². The molecule has 1 unspecified atom stereocenters.